The van der Waals surface area contributed by atoms with E-state index in [1.807, 2.05) is 0 Å². The SMILES string of the molecule is CC(CNCc1ccc2c(c1)CC(C)(C)O2)N1CCN(C)CC1. The van der Waals surface area contributed by atoms with E-state index in [1.165, 1.54) is 37.3 Å². The Balaban J connectivity index is 1.46. The zero-order chi connectivity index (χ0) is 16.4. The summed E-state index contributed by atoms with van der Waals surface area (Å²) in [5.41, 5.74) is 2.65. The molecule has 1 fully saturated rings. The molecule has 1 atom stereocenters. The summed E-state index contributed by atoms with van der Waals surface area (Å²) in [7, 11) is 2.21. The van der Waals surface area contributed by atoms with Crippen LogP contribution in [0.1, 0.15) is 31.9 Å². The Morgan fingerprint density at radius 2 is 1.96 bits per heavy atom. The maximum atomic E-state index is 5.95. The summed E-state index contributed by atoms with van der Waals surface area (Å²) in [6.45, 7) is 13.4. The first-order chi connectivity index (χ1) is 10.9. The lowest BCUT2D eigenvalue weighted by atomic mass is 10.0. The molecule has 0 radical (unpaired) electrons. The molecule has 0 aliphatic carbocycles. The van der Waals surface area contributed by atoms with Crippen molar-refractivity contribution in [3.8, 4) is 5.75 Å². The molecule has 23 heavy (non-hydrogen) atoms. The fraction of sp³-hybridized carbons (Fsp3) is 0.684. The Bertz CT molecular complexity index is 535. The highest BCUT2D eigenvalue weighted by Crippen LogP contribution is 2.35. The minimum absolute atomic E-state index is 0.0513. The average molecular weight is 317 g/mol. The van der Waals surface area contributed by atoms with Crippen LogP contribution >= 0.6 is 0 Å². The van der Waals surface area contributed by atoms with E-state index in [0.29, 0.717) is 6.04 Å². The molecule has 4 nitrogen and oxygen atoms in total. The molecule has 4 heteroatoms. The van der Waals surface area contributed by atoms with Crippen molar-refractivity contribution in [1.29, 1.82) is 0 Å². The highest BCUT2D eigenvalue weighted by molar-refractivity contribution is 5.41. The van der Waals surface area contributed by atoms with Gasteiger partial charge in [0, 0.05) is 51.7 Å². The standard InChI is InChI=1S/C19H31N3O/c1-15(22-9-7-21(4)8-10-22)13-20-14-16-5-6-18-17(11-16)12-19(2,3)23-18/h5-6,11,15,20H,7-10,12-14H2,1-4H3. The molecule has 128 valence electrons. The maximum absolute atomic E-state index is 5.95. The van der Waals surface area contributed by atoms with E-state index in [1.54, 1.807) is 0 Å². The fourth-order valence-electron chi connectivity index (χ4n) is 3.59. The average Bonchev–Trinajstić information content (AvgIpc) is 2.81. The Hall–Kier alpha value is -1.10. The normalized spacial score (nSPS) is 22.6. The number of benzene rings is 1. The molecule has 2 aliphatic heterocycles. The van der Waals surface area contributed by atoms with E-state index in [2.05, 4.69) is 61.1 Å². The van der Waals surface area contributed by atoms with Gasteiger partial charge in [0.2, 0.25) is 0 Å². The molecule has 2 heterocycles. The van der Waals surface area contributed by atoms with Crippen molar-refractivity contribution in [3.05, 3.63) is 29.3 Å². The number of fused-ring (bicyclic) bond motifs is 1. The quantitative estimate of drug-likeness (QED) is 0.900. The second-order valence-corrected chi connectivity index (χ2v) is 7.80. The summed E-state index contributed by atoms with van der Waals surface area (Å²) in [5, 5.41) is 3.63. The van der Waals surface area contributed by atoms with E-state index in [0.717, 1.165) is 25.3 Å². The molecule has 3 rings (SSSR count). The molecule has 1 saturated heterocycles. The van der Waals surface area contributed by atoms with E-state index in [4.69, 9.17) is 4.74 Å². The van der Waals surface area contributed by atoms with Crippen LogP contribution in [0.4, 0.5) is 0 Å². The molecule has 0 aromatic heterocycles. The van der Waals surface area contributed by atoms with Crippen LogP contribution in [0.3, 0.4) is 0 Å². The molecule has 1 aromatic carbocycles. The lowest BCUT2D eigenvalue weighted by molar-refractivity contribution is 0.118. The Morgan fingerprint density at radius 1 is 1.22 bits per heavy atom. The zero-order valence-electron chi connectivity index (χ0n) is 15.1. The monoisotopic (exact) mass is 317 g/mol. The maximum Gasteiger partial charge on any atom is 0.123 e. The van der Waals surface area contributed by atoms with Crippen molar-refractivity contribution in [2.75, 3.05) is 39.8 Å². The minimum Gasteiger partial charge on any atom is -0.487 e. The van der Waals surface area contributed by atoms with Gasteiger partial charge >= 0.3 is 0 Å². The summed E-state index contributed by atoms with van der Waals surface area (Å²) in [6, 6.07) is 7.22. The van der Waals surface area contributed by atoms with Gasteiger partial charge in [-0.3, -0.25) is 4.90 Å². The molecule has 0 spiro atoms. The van der Waals surface area contributed by atoms with Gasteiger partial charge in [0.15, 0.2) is 0 Å². The zero-order valence-corrected chi connectivity index (χ0v) is 15.1. The number of nitrogens with one attached hydrogen (secondary N) is 1. The number of piperazine rings is 1. The second-order valence-electron chi connectivity index (χ2n) is 7.80. The van der Waals surface area contributed by atoms with Crippen molar-refractivity contribution < 1.29 is 4.74 Å². The van der Waals surface area contributed by atoms with Gasteiger partial charge < -0.3 is 15.0 Å². The van der Waals surface area contributed by atoms with Gasteiger partial charge in [-0.05, 0) is 45.0 Å². The van der Waals surface area contributed by atoms with Crippen molar-refractivity contribution in [1.82, 2.24) is 15.1 Å². The topological polar surface area (TPSA) is 27.7 Å². The van der Waals surface area contributed by atoms with Crippen LogP contribution < -0.4 is 10.1 Å². The van der Waals surface area contributed by atoms with Gasteiger partial charge in [-0.25, -0.2) is 0 Å². The van der Waals surface area contributed by atoms with Crippen LogP contribution in [0, 0.1) is 0 Å². The third-order valence-corrected chi connectivity index (χ3v) is 5.06. The van der Waals surface area contributed by atoms with Gasteiger partial charge in [0.25, 0.3) is 0 Å². The fourth-order valence-corrected chi connectivity index (χ4v) is 3.59. The van der Waals surface area contributed by atoms with E-state index in [-0.39, 0.29) is 5.60 Å². The van der Waals surface area contributed by atoms with Gasteiger partial charge in [-0.1, -0.05) is 12.1 Å². The third-order valence-electron chi connectivity index (χ3n) is 5.06. The lowest BCUT2D eigenvalue weighted by Crippen LogP contribution is -2.50. The molecular weight excluding hydrogens is 286 g/mol. The van der Waals surface area contributed by atoms with Crippen LogP contribution in [-0.2, 0) is 13.0 Å². The molecule has 1 N–H and O–H groups in total. The Labute approximate surface area is 140 Å². The second kappa shape index (κ2) is 6.80. The van der Waals surface area contributed by atoms with Crippen LogP contribution in [0.15, 0.2) is 18.2 Å². The van der Waals surface area contributed by atoms with Gasteiger partial charge in [0.1, 0.15) is 11.4 Å². The molecule has 1 unspecified atom stereocenters. The molecule has 0 saturated carbocycles. The number of hydrogen-bond donors (Lipinski definition) is 1. The van der Waals surface area contributed by atoms with Gasteiger partial charge in [-0.15, -0.1) is 0 Å². The van der Waals surface area contributed by atoms with Gasteiger partial charge in [0.05, 0.1) is 0 Å². The van der Waals surface area contributed by atoms with E-state index < -0.39 is 0 Å². The number of nitrogens with zero attached hydrogens (tertiary/aromatic N) is 2. The van der Waals surface area contributed by atoms with E-state index >= 15 is 0 Å². The first-order valence-electron chi connectivity index (χ1n) is 8.87. The smallest absolute Gasteiger partial charge is 0.123 e. The van der Waals surface area contributed by atoms with E-state index in [9.17, 15) is 0 Å². The molecule has 1 aromatic rings. The number of ether oxygens (including phenoxy) is 1. The van der Waals surface area contributed by atoms with Crippen molar-refractivity contribution in [2.24, 2.45) is 0 Å². The largest absolute Gasteiger partial charge is 0.487 e. The highest BCUT2D eigenvalue weighted by Gasteiger charge is 2.29. The number of hydrogen-bond acceptors (Lipinski definition) is 4. The van der Waals surface area contributed by atoms with Crippen LogP contribution in [0.5, 0.6) is 5.75 Å². The summed E-state index contributed by atoms with van der Waals surface area (Å²) < 4.78 is 5.95. The summed E-state index contributed by atoms with van der Waals surface area (Å²) in [5.74, 6) is 1.06. The minimum atomic E-state index is -0.0513. The van der Waals surface area contributed by atoms with Crippen LogP contribution in [-0.4, -0.2) is 61.2 Å². The predicted molar refractivity (Wildman–Crippen MR) is 95.1 cm³/mol. The van der Waals surface area contributed by atoms with Crippen molar-refractivity contribution in [3.63, 3.8) is 0 Å². The first-order valence-corrected chi connectivity index (χ1v) is 8.87. The third kappa shape index (κ3) is 4.25. The predicted octanol–water partition coefficient (Wildman–Crippen LogP) is 2.13. The first kappa shape index (κ1) is 16.7. The molecule has 0 amide bonds. The Kier molecular flexibility index (Phi) is 4.95. The lowest BCUT2D eigenvalue weighted by Gasteiger charge is -2.36. The van der Waals surface area contributed by atoms with Gasteiger partial charge in [-0.2, -0.15) is 0 Å². The molecule has 2 aliphatic rings. The molecule has 0 bridgehead atoms. The highest BCUT2D eigenvalue weighted by atomic mass is 16.5. The molecular formula is C19H31N3O. The van der Waals surface area contributed by atoms with Crippen LogP contribution in [0.2, 0.25) is 0 Å². The summed E-state index contributed by atoms with van der Waals surface area (Å²) >= 11 is 0. The number of rotatable bonds is 5. The summed E-state index contributed by atoms with van der Waals surface area (Å²) in [6.07, 6.45) is 1.01. The van der Waals surface area contributed by atoms with Crippen LogP contribution in [0.25, 0.3) is 0 Å². The van der Waals surface area contributed by atoms with Crippen molar-refractivity contribution >= 4 is 0 Å². The Morgan fingerprint density at radius 3 is 2.70 bits per heavy atom. The van der Waals surface area contributed by atoms with Crippen molar-refractivity contribution in [2.45, 2.75) is 45.4 Å². The number of likely N-dealkylation sites (N-methyl/N-ethyl adjacent to an activating group) is 1. The summed E-state index contributed by atoms with van der Waals surface area (Å²) in [4.78, 5) is 5.00.